The van der Waals surface area contributed by atoms with E-state index in [9.17, 15) is 10.3 Å². The summed E-state index contributed by atoms with van der Waals surface area (Å²) in [7, 11) is 1.50. The number of rotatable bonds is 3. The molecule has 3 rings (SSSR count). The summed E-state index contributed by atoms with van der Waals surface area (Å²) in [6.45, 7) is 0. The van der Waals surface area contributed by atoms with Crippen molar-refractivity contribution in [3.8, 4) is 11.5 Å². The number of phenolic OH excluding ortho intramolecular Hbond substituents is 1. The minimum atomic E-state index is 0.0918. The van der Waals surface area contributed by atoms with Crippen LogP contribution in [-0.2, 0) is 6.42 Å². The van der Waals surface area contributed by atoms with E-state index in [0.29, 0.717) is 17.9 Å². The molecule has 0 saturated heterocycles. The predicted molar refractivity (Wildman–Crippen MR) is 80.4 cm³/mol. The van der Waals surface area contributed by atoms with Crippen LogP contribution in [0, 0.1) is 5.21 Å². The average molecular weight is 281 g/mol. The first kappa shape index (κ1) is 13.2. The van der Waals surface area contributed by atoms with E-state index in [1.165, 1.54) is 13.3 Å². The predicted octanol–water partition coefficient (Wildman–Crippen LogP) is 2.78. The number of pyridine rings is 1. The van der Waals surface area contributed by atoms with E-state index in [0.717, 1.165) is 21.1 Å². The van der Waals surface area contributed by atoms with Crippen molar-refractivity contribution >= 4 is 10.8 Å². The molecule has 0 bridgehead atoms. The van der Waals surface area contributed by atoms with Crippen molar-refractivity contribution in [1.29, 1.82) is 0 Å². The van der Waals surface area contributed by atoms with Crippen LogP contribution in [0.15, 0.2) is 54.7 Å². The Balaban J connectivity index is 2.07. The smallest absolute Gasteiger partial charge is 0.204 e. The number of hydrogen-bond acceptors (Lipinski definition) is 3. The zero-order chi connectivity index (χ0) is 14.8. The van der Waals surface area contributed by atoms with Crippen molar-refractivity contribution in [3.05, 3.63) is 71.2 Å². The molecule has 0 radical (unpaired) electrons. The Kier molecular flexibility index (Phi) is 3.36. The SMILES string of the molecule is COc1cc(Cc2c3ccccc3cc[n+]2[O-])ccc1O. The largest absolute Gasteiger partial charge is 0.618 e. The van der Waals surface area contributed by atoms with Gasteiger partial charge in [-0.1, -0.05) is 24.3 Å². The summed E-state index contributed by atoms with van der Waals surface area (Å²) in [5.74, 6) is 0.499. The molecule has 0 unspecified atom stereocenters. The fourth-order valence-corrected chi connectivity index (χ4v) is 2.46. The zero-order valence-corrected chi connectivity index (χ0v) is 11.6. The highest BCUT2D eigenvalue weighted by atomic mass is 16.5. The Hall–Kier alpha value is -2.75. The molecule has 3 aromatic rings. The quantitative estimate of drug-likeness (QED) is 0.593. The van der Waals surface area contributed by atoms with Crippen molar-refractivity contribution in [2.75, 3.05) is 7.11 Å². The van der Waals surface area contributed by atoms with Crippen molar-refractivity contribution in [3.63, 3.8) is 0 Å². The first-order chi connectivity index (χ1) is 10.2. The summed E-state index contributed by atoms with van der Waals surface area (Å²) in [6, 6.07) is 14.7. The van der Waals surface area contributed by atoms with E-state index >= 15 is 0 Å². The van der Waals surface area contributed by atoms with Gasteiger partial charge in [0.05, 0.1) is 18.9 Å². The fraction of sp³-hybridized carbons (Fsp3) is 0.118. The lowest BCUT2D eigenvalue weighted by atomic mass is 10.0. The van der Waals surface area contributed by atoms with Crippen molar-refractivity contribution < 1.29 is 14.6 Å². The number of benzene rings is 2. The van der Waals surface area contributed by atoms with Crippen LogP contribution in [-0.4, -0.2) is 12.2 Å². The lowest BCUT2D eigenvalue weighted by Gasteiger charge is -2.09. The van der Waals surface area contributed by atoms with Crippen LogP contribution in [0.1, 0.15) is 11.3 Å². The third-order valence-corrected chi connectivity index (χ3v) is 3.54. The Bertz CT molecular complexity index is 799. The Morgan fingerprint density at radius 3 is 2.76 bits per heavy atom. The number of hydrogen-bond donors (Lipinski definition) is 1. The second-order valence-corrected chi connectivity index (χ2v) is 4.86. The minimum absolute atomic E-state index is 0.0918. The second kappa shape index (κ2) is 5.32. The van der Waals surface area contributed by atoms with Gasteiger partial charge in [0.1, 0.15) is 0 Å². The maximum absolute atomic E-state index is 12.1. The molecule has 0 aliphatic heterocycles. The third kappa shape index (κ3) is 2.48. The van der Waals surface area contributed by atoms with E-state index in [4.69, 9.17) is 4.74 Å². The van der Waals surface area contributed by atoms with Crippen LogP contribution < -0.4 is 9.47 Å². The molecule has 1 heterocycles. The van der Waals surface area contributed by atoms with Gasteiger partial charge in [0, 0.05) is 6.07 Å². The lowest BCUT2D eigenvalue weighted by molar-refractivity contribution is -0.611. The molecule has 2 aromatic carbocycles. The molecule has 0 amide bonds. The third-order valence-electron chi connectivity index (χ3n) is 3.54. The Labute approximate surface area is 122 Å². The topological polar surface area (TPSA) is 56.4 Å². The molecule has 0 aliphatic rings. The van der Waals surface area contributed by atoms with Gasteiger partial charge in [-0.3, -0.25) is 0 Å². The Morgan fingerprint density at radius 1 is 1.14 bits per heavy atom. The monoisotopic (exact) mass is 281 g/mol. The normalized spacial score (nSPS) is 10.7. The zero-order valence-electron chi connectivity index (χ0n) is 11.6. The van der Waals surface area contributed by atoms with Crippen LogP contribution in [0.25, 0.3) is 10.8 Å². The van der Waals surface area contributed by atoms with E-state index in [-0.39, 0.29) is 5.75 Å². The molecule has 1 N–H and O–H groups in total. The van der Waals surface area contributed by atoms with Gasteiger partial charge in [-0.05, 0) is 29.1 Å². The highest BCUT2D eigenvalue weighted by Crippen LogP contribution is 2.28. The van der Waals surface area contributed by atoms with Gasteiger partial charge >= 0.3 is 0 Å². The molecule has 0 saturated carbocycles. The highest BCUT2D eigenvalue weighted by Gasteiger charge is 2.13. The van der Waals surface area contributed by atoms with E-state index < -0.39 is 0 Å². The number of aromatic nitrogens is 1. The maximum atomic E-state index is 12.1. The first-order valence-electron chi connectivity index (χ1n) is 6.64. The molecule has 0 aliphatic carbocycles. The lowest BCUT2D eigenvalue weighted by Crippen LogP contribution is -2.31. The maximum Gasteiger partial charge on any atom is 0.204 e. The van der Waals surface area contributed by atoms with Crippen molar-refractivity contribution in [1.82, 2.24) is 0 Å². The number of ether oxygens (including phenoxy) is 1. The molecule has 4 heteroatoms. The summed E-state index contributed by atoms with van der Waals surface area (Å²) in [5.41, 5.74) is 1.59. The number of nitrogens with zero attached hydrogens (tertiary/aromatic N) is 1. The number of phenols is 1. The van der Waals surface area contributed by atoms with Crippen molar-refractivity contribution in [2.45, 2.75) is 6.42 Å². The molecule has 106 valence electrons. The van der Waals surface area contributed by atoms with E-state index in [1.54, 1.807) is 18.2 Å². The van der Waals surface area contributed by atoms with Gasteiger partial charge in [0.25, 0.3) is 0 Å². The number of aromatic hydroxyl groups is 1. The fourth-order valence-electron chi connectivity index (χ4n) is 2.46. The molecule has 21 heavy (non-hydrogen) atoms. The molecule has 0 fully saturated rings. The molecule has 0 spiro atoms. The van der Waals surface area contributed by atoms with E-state index in [2.05, 4.69) is 0 Å². The van der Waals surface area contributed by atoms with Crippen LogP contribution in [0.2, 0.25) is 0 Å². The highest BCUT2D eigenvalue weighted by molar-refractivity contribution is 5.83. The van der Waals surface area contributed by atoms with Gasteiger partial charge in [0.15, 0.2) is 17.7 Å². The summed E-state index contributed by atoms with van der Waals surface area (Å²) >= 11 is 0. The summed E-state index contributed by atoms with van der Waals surface area (Å²) in [4.78, 5) is 0. The second-order valence-electron chi connectivity index (χ2n) is 4.86. The number of fused-ring (bicyclic) bond motifs is 1. The van der Waals surface area contributed by atoms with Crippen LogP contribution in [0.3, 0.4) is 0 Å². The standard InChI is InChI=1S/C17H15NO3/c1-21-17-11-12(6-7-16(17)19)10-15-14-5-3-2-4-13(14)8-9-18(15)20/h2-9,11,19H,10H2,1H3. The summed E-state index contributed by atoms with van der Waals surface area (Å²) in [6.07, 6.45) is 2.00. The van der Waals surface area contributed by atoms with Gasteiger partial charge < -0.3 is 15.1 Å². The molecule has 4 nitrogen and oxygen atoms in total. The van der Waals surface area contributed by atoms with Gasteiger partial charge in [0.2, 0.25) is 5.69 Å². The van der Waals surface area contributed by atoms with Gasteiger partial charge in [-0.25, -0.2) is 0 Å². The summed E-state index contributed by atoms with van der Waals surface area (Å²) < 4.78 is 6.00. The van der Waals surface area contributed by atoms with Gasteiger partial charge in [-0.15, -0.1) is 0 Å². The van der Waals surface area contributed by atoms with Crippen LogP contribution >= 0.6 is 0 Å². The molecular weight excluding hydrogens is 266 g/mol. The molecule has 0 atom stereocenters. The molecular formula is C17H15NO3. The average Bonchev–Trinajstić information content (AvgIpc) is 2.52. The van der Waals surface area contributed by atoms with Gasteiger partial charge in [-0.2, -0.15) is 4.73 Å². The van der Waals surface area contributed by atoms with Crippen LogP contribution in [0.5, 0.6) is 11.5 Å². The molecule has 1 aromatic heterocycles. The van der Waals surface area contributed by atoms with Crippen molar-refractivity contribution in [2.24, 2.45) is 0 Å². The van der Waals surface area contributed by atoms with Crippen LogP contribution in [0.4, 0.5) is 0 Å². The summed E-state index contributed by atoms with van der Waals surface area (Å²) in [5, 5.41) is 23.7. The first-order valence-corrected chi connectivity index (χ1v) is 6.64. The van der Waals surface area contributed by atoms with E-state index in [1.807, 2.05) is 30.3 Å². The number of methoxy groups -OCH3 is 1. The minimum Gasteiger partial charge on any atom is -0.618 e. The Morgan fingerprint density at radius 2 is 1.95 bits per heavy atom.